The number of hydrogen-bond acceptors (Lipinski definition) is 7. The van der Waals surface area contributed by atoms with Crippen LogP contribution in [0.5, 0.6) is 11.5 Å². The van der Waals surface area contributed by atoms with E-state index in [4.69, 9.17) is 9.47 Å². The molecule has 1 aromatic heterocycles. The van der Waals surface area contributed by atoms with E-state index in [9.17, 15) is 4.79 Å². The number of para-hydroxylation sites is 1. The summed E-state index contributed by atoms with van der Waals surface area (Å²) in [4.78, 5) is 12.6. The van der Waals surface area contributed by atoms with Crippen LogP contribution in [0.25, 0.3) is 17.1 Å². The lowest BCUT2D eigenvalue weighted by molar-refractivity contribution is -0.118. The molecule has 0 unspecified atom stereocenters. The Balaban J connectivity index is 1.21. The summed E-state index contributed by atoms with van der Waals surface area (Å²) in [6.45, 7) is 2.48. The molecule has 0 fully saturated rings. The van der Waals surface area contributed by atoms with Crippen LogP contribution in [0.2, 0.25) is 0 Å². The number of aryl methyl sites for hydroxylation is 1. The molecule has 0 aliphatic carbocycles. The predicted molar refractivity (Wildman–Crippen MR) is 162 cm³/mol. The molecule has 0 saturated carbocycles. The van der Waals surface area contributed by atoms with Gasteiger partial charge in [0.05, 0.1) is 19.1 Å². The molecule has 5 rings (SSSR count). The van der Waals surface area contributed by atoms with Crippen LogP contribution >= 0.6 is 11.8 Å². The average molecular weight is 564 g/mol. The Kier molecular flexibility index (Phi) is 9.08. The molecule has 0 saturated heterocycles. The van der Waals surface area contributed by atoms with Crippen LogP contribution in [0.3, 0.4) is 0 Å². The fraction of sp³-hybridized carbons (Fsp3) is 0.125. The number of nitrogens with one attached hydrogen (secondary N) is 1. The van der Waals surface area contributed by atoms with Gasteiger partial charge in [-0.05, 0) is 48.4 Å². The molecule has 1 N–H and O–H groups in total. The molecule has 0 spiro atoms. The van der Waals surface area contributed by atoms with Crippen LogP contribution in [-0.2, 0) is 11.4 Å². The number of ether oxygens (including phenoxy) is 2. The molecular weight excluding hydrogens is 534 g/mol. The molecule has 5 aromatic rings. The third-order valence-corrected chi connectivity index (χ3v) is 7.05. The van der Waals surface area contributed by atoms with Crippen molar-refractivity contribution in [1.29, 1.82) is 0 Å². The maximum atomic E-state index is 12.6. The van der Waals surface area contributed by atoms with Gasteiger partial charge in [-0.15, -0.1) is 10.2 Å². The second-order valence-electron chi connectivity index (χ2n) is 9.11. The van der Waals surface area contributed by atoms with Gasteiger partial charge in [0.1, 0.15) is 6.61 Å². The van der Waals surface area contributed by atoms with E-state index in [2.05, 4.69) is 20.7 Å². The molecular formula is C32H29N5O3S. The van der Waals surface area contributed by atoms with Gasteiger partial charge in [-0.3, -0.25) is 9.36 Å². The topological polar surface area (TPSA) is 90.6 Å². The van der Waals surface area contributed by atoms with Gasteiger partial charge in [0, 0.05) is 11.3 Å². The Bertz CT molecular complexity index is 1620. The van der Waals surface area contributed by atoms with E-state index in [1.54, 1.807) is 19.4 Å². The van der Waals surface area contributed by atoms with Crippen LogP contribution in [0, 0.1) is 6.92 Å². The molecule has 9 heteroatoms. The number of aromatic nitrogens is 3. The van der Waals surface area contributed by atoms with E-state index >= 15 is 0 Å². The monoisotopic (exact) mass is 563 g/mol. The van der Waals surface area contributed by atoms with Crippen LogP contribution in [-0.4, -0.2) is 39.7 Å². The lowest BCUT2D eigenvalue weighted by Gasteiger charge is -2.11. The second kappa shape index (κ2) is 13.5. The molecule has 206 valence electrons. The standard InChI is InChI=1S/C32H29N5O3S/c1-23-13-16-26(17-14-23)31-35-36-32(37(31)27-11-7-4-8-12-27)41-22-30(38)34-33-20-25-15-18-28(29(19-25)39-2)40-21-24-9-5-3-6-10-24/h3-20H,21-22H2,1-2H3,(H,34,38)/b33-20-. The van der Waals surface area contributed by atoms with E-state index in [1.807, 2.05) is 109 Å². The third-order valence-electron chi connectivity index (χ3n) is 6.12. The van der Waals surface area contributed by atoms with E-state index < -0.39 is 0 Å². The summed E-state index contributed by atoms with van der Waals surface area (Å²) < 4.78 is 13.3. The van der Waals surface area contributed by atoms with Gasteiger partial charge in [0.2, 0.25) is 0 Å². The molecule has 0 aliphatic rings. The molecule has 1 heterocycles. The number of methoxy groups -OCH3 is 1. The first-order valence-corrected chi connectivity index (χ1v) is 14.0. The van der Waals surface area contributed by atoms with E-state index in [0.717, 1.165) is 27.9 Å². The minimum Gasteiger partial charge on any atom is -0.493 e. The zero-order valence-electron chi connectivity index (χ0n) is 22.7. The average Bonchev–Trinajstić information content (AvgIpc) is 3.44. The fourth-order valence-corrected chi connectivity index (χ4v) is 4.77. The normalized spacial score (nSPS) is 11.0. The van der Waals surface area contributed by atoms with Crippen molar-refractivity contribution in [2.75, 3.05) is 12.9 Å². The molecule has 41 heavy (non-hydrogen) atoms. The van der Waals surface area contributed by atoms with Crippen LogP contribution in [0.15, 0.2) is 113 Å². The number of carbonyl (C=O) groups excluding carboxylic acids is 1. The fourth-order valence-electron chi connectivity index (χ4n) is 4.02. The van der Waals surface area contributed by atoms with Gasteiger partial charge in [0.25, 0.3) is 5.91 Å². The summed E-state index contributed by atoms with van der Waals surface area (Å²) in [5.41, 5.74) is 7.43. The van der Waals surface area contributed by atoms with Gasteiger partial charge in [-0.1, -0.05) is 90.1 Å². The summed E-state index contributed by atoms with van der Waals surface area (Å²) in [5.74, 6) is 1.77. The zero-order chi connectivity index (χ0) is 28.4. The van der Waals surface area contributed by atoms with Gasteiger partial charge < -0.3 is 9.47 Å². The first-order valence-electron chi connectivity index (χ1n) is 13.0. The molecule has 8 nitrogen and oxygen atoms in total. The first-order chi connectivity index (χ1) is 20.1. The number of amides is 1. The number of carbonyl (C=O) groups is 1. The molecule has 0 aliphatic heterocycles. The van der Waals surface area contributed by atoms with Crippen molar-refractivity contribution in [3.05, 3.63) is 120 Å². The van der Waals surface area contributed by atoms with E-state index in [-0.39, 0.29) is 11.7 Å². The minimum atomic E-state index is -0.263. The van der Waals surface area contributed by atoms with Crippen molar-refractivity contribution in [1.82, 2.24) is 20.2 Å². The highest BCUT2D eigenvalue weighted by Gasteiger charge is 2.17. The SMILES string of the molecule is COc1cc(/C=N\NC(=O)CSc2nnc(-c3ccc(C)cc3)n2-c2ccccc2)ccc1OCc1ccccc1. The largest absolute Gasteiger partial charge is 0.493 e. The van der Waals surface area contributed by atoms with Gasteiger partial charge in [-0.2, -0.15) is 5.10 Å². The summed E-state index contributed by atoms with van der Waals surface area (Å²) in [7, 11) is 1.59. The third kappa shape index (κ3) is 7.20. The van der Waals surface area contributed by atoms with Gasteiger partial charge in [0.15, 0.2) is 22.5 Å². The summed E-state index contributed by atoms with van der Waals surface area (Å²) in [6, 6.07) is 33.4. The Hall–Kier alpha value is -4.89. The van der Waals surface area contributed by atoms with Gasteiger partial charge in [-0.25, -0.2) is 5.43 Å². The summed E-state index contributed by atoms with van der Waals surface area (Å²) >= 11 is 1.29. The summed E-state index contributed by atoms with van der Waals surface area (Å²) in [6.07, 6.45) is 1.56. The van der Waals surface area contributed by atoms with Crippen molar-refractivity contribution in [3.8, 4) is 28.6 Å². The number of nitrogens with zero attached hydrogens (tertiary/aromatic N) is 4. The van der Waals surface area contributed by atoms with Crippen molar-refractivity contribution in [2.24, 2.45) is 5.10 Å². The van der Waals surface area contributed by atoms with Crippen LogP contribution in [0.4, 0.5) is 0 Å². The maximum Gasteiger partial charge on any atom is 0.250 e. The predicted octanol–water partition coefficient (Wildman–Crippen LogP) is 6.07. The van der Waals surface area contributed by atoms with Crippen molar-refractivity contribution in [3.63, 3.8) is 0 Å². The molecule has 0 bridgehead atoms. The molecule has 0 atom stereocenters. The van der Waals surface area contributed by atoms with E-state index in [1.165, 1.54) is 11.8 Å². The Morgan fingerprint density at radius 3 is 2.39 bits per heavy atom. The van der Waals surface area contributed by atoms with Crippen molar-refractivity contribution in [2.45, 2.75) is 18.7 Å². The quantitative estimate of drug-likeness (QED) is 0.119. The number of rotatable bonds is 11. The van der Waals surface area contributed by atoms with Crippen molar-refractivity contribution < 1.29 is 14.3 Å². The zero-order valence-corrected chi connectivity index (χ0v) is 23.5. The maximum absolute atomic E-state index is 12.6. The Morgan fingerprint density at radius 1 is 0.927 bits per heavy atom. The second-order valence-corrected chi connectivity index (χ2v) is 10.1. The highest BCUT2D eigenvalue weighted by Crippen LogP contribution is 2.29. The lowest BCUT2D eigenvalue weighted by atomic mass is 10.1. The van der Waals surface area contributed by atoms with E-state index in [0.29, 0.717) is 29.1 Å². The number of thioether (sulfide) groups is 1. The van der Waals surface area contributed by atoms with Gasteiger partial charge >= 0.3 is 0 Å². The highest BCUT2D eigenvalue weighted by atomic mass is 32.2. The van der Waals surface area contributed by atoms with Crippen LogP contribution in [0.1, 0.15) is 16.7 Å². The molecule has 0 radical (unpaired) electrons. The lowest BCUT2D eigenvalue weighted by Crippen LogP contribution is -2.20. The molecule has 1 amide bonds. The van der Waals surface area contributed by atoms with Crippen molar-refractivity contribution >= 4 is 23.9 Å². The Labute approximate surface area is 243 Å². The summed E-state index contributed by atoms with van der Waals surface area (Å²) in [5, 5.41) is 13.5. The smallest absolute Gasteiger partial charge is 0.250 e. The minimum absolute atomic E-state index is 0.117. The highest BCUT2D eigenvalue weighted by molar-refractivity contribution is 7.99. The first kappa shape index (κ1) is 27.7. The molecule has 4 aromatic carbocycles. The number of hydrazone groups is 1. The Morgan fingerprint density at radius 2 is 1.66 bits per heavy atom. The van der Waals surface area contributed by atoms with Crippen LogP contribution < -0.4 is 14.9 Å². The number of benzene rings is 4. The number of hydrogen-bond donors (Lipinski definition) is 1.